The maximum atomic E-state index is 12.2. The molecule has 0 amide bonds. The number of likely N-dealkylation sites (tertiary alicyclic amines) is 1. The van der Waals surface area contributed by atoms with Gasteiger partial charge in [-0.05, 0) is 40.2 Å². The van der Waals surface area contributed by atoms with Crippen LogP contribution in [-0.4, -0.2) is 42.3 Å². The van der Waals surface area contributed by atoms with E-state index in [4.69, 9.17) is 4.74 Å². The highest BCUT2D eigenvalue weighted by Crippen LogP contribution is 2.20. The molecule has 15 heavy (non-hydrogen) atoms. The van der Waals surface area contributed by atoms with Crippen molar-refractivity contribution in [1.82, 2.24) is 4.90 Å². The first-order valence-corrected chi connectivity index (χ1v) is 5.47. The molecule has 0 aromatic carbocycles. The zero-order valence-electron chi connectivity index (χ0n) is 9.75. The van der Waals surface area contributed by atoms with Gasteiger partial charge in [0.2, 0.25) is 0 Å². The standard InChI is InChI=1S/C11H20FNO2/c1-11(2,3)15-10(14)9-5-4-7-13(9)8-6-12/h9H,4-8H2,1-3H3/t9-/m1/s1. The summed E-state index contributed by atoms with van der Waals surface area (Å²) in [5, 5.41) is 0. The summed E-state index contributed by atoms with van der Waals surface area (Å²) in [6.45, 7) is 6.27. The lowest BCUT2D eigenvalue weighted by atomic mass is 10.1. The van der Waals surface area contributed by atoms with Gasteiger partial charge >= 0.3 is 5.97 Å². The number of ether oxygens (including phenoxy) is 1. The monoisotopic (exact) mass is 217 g/mol. The molecule has 0 N–H and O–H groups in total. The molecule has 0 unspecified atom stereocenters. The predicted molar refractivity (Wildman–Crippen MR) is 56.4 cm³/mol. The highest BCUT2D eigenvalue weighted by molar-refractivity contribution is 5.76. The summed E-state index contributed by atoms with van der Waals surface area (Å²) in [5.41, 5.74) is -0.457. The molecule has 0 aromatic rings. The molecule has 1 atom stereocenters. The molecule has 0 aromatic heterocycles. The van der Waals surface area contributed by atoms with Crippen molar-refractivity contribution in [3.05, 3.63) is 0 Å². The van der Waals surface area contributed by atoms with Gasteiger partial charge in [0.15, 0.2) is 0 Å². The molecule has 0 radical (unpaired) electrons. The Labute approximate surface area is 90.6 Å². The fourth-order valence-corrected chi connectivity index (χ4v) is 1.84. The van der Waals surface area contributed by atoms with Crippen LogP contribution in [0.5, 0.6) is 0 Å². The first-order chi connectivity index (χ1) is 6.94. The lowest BCUT2D eigenvalue weighted by Crippen LogP contribution is -2.41. The van der Waals surface area contributed by atoms with Crippen LogP contribution in [0.15, 0.2) is 0 Å². The van der Waals surface area contributed by atoms with E-state index in [0.29, 0.717) is 6.54 Å². The van der Waals surface area contributed by atoms with E-state index in [2.05, 4.69) is 0 Å². The second kappa shape index (κ2) is 4.92. The zero-order chi connectivity index (χ0) is 11.5. The van der Waals surface area contributed by atoms with Crippen molar-refractivity contribution >= 4 is 5.97 Å². The minimum absolute atomic E-state index is 0.214. The second-order valence-corrected chi connectivity index (χ2v) is 4.92. The van der Waals surface area contributed by atoms with Gasteiger partial charge in [-0.15, -0.1) is 0 Å². The molecule has 1 fully saturated rings. The largest absolute Gasteiger partial charge is 0.459 e. The number of alkyl halides is 1. The molecule has 0 aliphatic carbocycles. The first kappa shape index (κ1) is 12.4. The quantitative estimate of drug-likeness (QED) is 0.675. The van der Waals surface area contributed by atoms with E-state index in [1.165, 1.54) is 0 Å². The van der Waals surface area contributed by atoms with Crippen LogP contribution in [0.2, 0.25) is 0 Å². The molecular formula is C11H20FNO2. The van der Waals surface area contributed by atoms with Gasteiger partial charge in [0.1, 0.15) is 18.3 Å². The molecule has 4 heteroatoms. The van der Waals surface area contributed by atoms with Crippen molar-refractivity contribution in [2.75, 3.05) is 19.8 Å². The number of esters is 1. The van der Waals surface area contributed by atoms with Crippen molar-refractivity contribution in [3.8, 4) is 0 Å². The zero-order valence-corrected chi connectivity index (χ0v) is 9.75. The third-order valence-electron chi connectivity index (χ3n) is 2.41. The van der Waals surface area contributed by atoms with E-state index in [0.717, 1.165) is 19.4 Å². The SMILES string of the molecule is CC(C)(C)OC(=O)[C@H]1CCCN1CCF. The van der Waals surface area contributed by atoms with Crippen LogP contribution in [0.1, 0.15) is 33.6 Å². The van der Waals surface area contributed by atoms with Gasteiger partial charge in [0.25, 0.3) is 0 Å². The van der Waals surface area contributed by atoms with Crippen LogP contribution >= 0.6 is 0 Å². The lowest BCUT2D eigenvalue weighted by molar-refractivity contribution is -0.160. The number of carbonyl (C=O) groups is 1. The Morgan fingerprint density at radius 3 is 2.73 bits per heavy atom. The van der Waals surface area contributed by atoms with Crippen LogP contribution in [0.4, 0.5) is 4.39 Å². The van der Waals surface area contributed by atoms with Gasteiger partial charge in [-0.25, -0.2) is 4.39 Å². The Morgan fingerprint density at radius 2 is 2.20 bits per heavy atom. The minimum atomic E-state index is -0.457. The Morgan fingerprint density at radius 1 is 1.53 bits per heavy atom. The summed E-state index contributed by atoms with van der Waals surface area (Å²) < 4.78 is 17.5. The summed E-state index contributed by atoms with van der Waals surface area (Å²) >= 11 is 0. The number of halogens is 1. The van der Waals surface area contributed by atoms with E-state index in [9.17, 15) is 9.18 Å². The van der Waals surface area contributed by atoms with Crippen LogP contribution in [0.25, 0.3) is 0 Å². The van der Waals surface area contributed by atoms with Crippen molar-refractivity contribution in [2.24, 2.45) is 0 Å². The highest BCUT2D eigenvalue weighted by Gasteiger charge is 2.33. The van der Waals surface area contributed by atoms with Crippen LogP contribution in [0.3, 0.4) is 0 Å². The molecule has 1 aliphatic rings. The Balaban J connectivity index is 2.51. The average Bonchev–Trinajstić information content (AvgIpc) is 2.49. The molecule has 1 aliphatic heterocycles. The van der Waals surface area contributed by atoms with Crippen molar-refractivity contribution in [2.45, 2.75) is 45.3 Å². The molecular weight excluding hydrogens is 197 g/mol. The smallest absolute Gasteiger partial charge is 0.323 e. The fourth-order valence-electron chi connectivity index (χ4n) is 1.84. The average molecular weight is 217 g/mol. The topological polar surface area (TPSA) is 29.5 Å². The summed E-state index contributed by atoms with van der Waals surface area (Å²) in [7, 11) is 0. The van der Waals surface area contributed by atoms with Crippen LogP contribution < -0.4 is 0 Å². The van der Waals surface area contributed by atoms with E-state index in [1.54, 1.807) is 0 Å². The Bertz CT molecular complexity index is 225. The molecule has 0 saturated carbocycles. The Hall–Kier alpha value is -0.640. The van der Waals surface area contributed by atoms with Gasteiger partial charge in [0.05, 0.1) is 0 Å². The van der Waals surface area contributed by atoms with Crippen LogP contribution in [0, 0.1) is 0 Å². The first-order valence-electron chi connectivity index (χ1n) is 5.47. The number of hydrogen-bond donors (Lipinski definition) is 0. The van der Waals surface area contributed by atoms with E-state index in [1.807, 2.05) is 25.7 Å². The number of carbonyl (C=O) groups excluding carboxylic acids is 1. The lowest BCUT2D eigenvalue weighted by Gasteiger charge is -2.26. The molecule has 1 rings (SSSR count). The molecule has 88 valence electrons. The van der Waals surface area contributed by atoms with Gasteiger partial charge in [-0.1, -0.05) is 0 Å². The van der Waals surface area contributed by atoms with Gasteiger partial charge in [-0.2, -0.15) is 0 Å². The summed E-state index contributed by atoms with van der Waals surface area (Å²) in [4.78, 5) is 13.6. The highest BCUT2D eigenvalue weighted by atomic mass is 19.1. The third-order valence-corrected chi connectivity index (χ3v) is 2.41. The van der Waals surface area contributed by atoms with Crippen molar-refractivity contribution in [3.63, 3.8) is 0 Å². The summed E-state index contributed by atoms with van der Waals surface area (Å²) in [6, 6.07) is -0.236. The number of nitrogens with zero attached hydrogens (tertiary/aromatic N) is 1. The van der Waals surface area contributed by atoms with E-state index >= 15 is 0 Å². The number of rotatable bonds is 3. The molecule has 0 bridgehead atoms. The predicted octanol–water partition coefficient (Wildman–Crippen LogP) is 1.76. The van der Waals surface area contributed by atoms with Crippen molar-refractivity contribution < 1.29 is 13.9 Å². The Kier molecular flexibility index (Phi) is 4.08. The molecule has 3 nitrogen and oxygen atoms in total. The fraction of sp³-hybridized carbons (Fsp3) is 0.909. The molecule has 1 heterocycles. The number of hydrogen-bond acceptors (Lipinski definition) is 3. The third kappa shape index (κ3) is 3.78. The van der Waals surface area contributed by atoms with Crippen molar-refractivity contribution in [1.29, 1.82) is 0 Å². The molecule has 0 spiro atoms. The maximum absolute atomic E-state index is 12.2. The minimum Gasteiger partial charge on any atom is -0.459 e. The van der Waals surface area contributed by atoms with E-state index in [-0.39, 0.29) is 12.0 Å². The maximum Gasteiger partial charge on any atom is 0.323 e. The normalized spacial score (nSPS) is 23.1. The summed E-state index contributed by atoms with van der Waals surface area (Å²) in [6.07, 6.45) is 1.73. The summed E-state index contributed by atoms with van der Waals surface area (Å²) in [5.74, 6) is -0.214. The van der Waals surface area contributed by atoms with Gasteiger partial charge < -0.3 is 4.74 Å². The second-order valence-electron chi connectivity index (χ2n) is 4.92. The molecule has 1 saturated heterocycles. The van der Waals surface area contributed by atoms with Gasteiger partial charge in [-0.3, -0.25) is 9.69 Å². The van der Waals surface area contributed by atoms with Gasteiger partial charge in [0, 0.05) is 6.54 Å². The van der Waals surface area contributed by atoms with Crippen LogP contribution in [-0.2, 0) is 9.53 Å². The van der Waals surface area contributed by atoms with E-state index < -0.39 is 12.3 Å².